The molecule has 232 valence electrons. The number of hydrogen-bond acceptors (Lipinski definition) is 7. The maximum atomic E-state index is 15.7. The molecule has 9 nitrogen and oxygen atoms in total. The lowest BCUT2D eigenvalue weighted by molar-refractivity contribution is -0.160. The van der Waals surface area contributed by atoms with Crippen LogP contribution in [-0.4, -0.2) is 50.0 Å². The van der Waals surface area contributed by atoms with Gasteiger partial charge in [0.2, 0.25) is 5.88 Å². The Morgan fingerprint density at radius 2 is 1.87 bits per heavy atom. The Balaban J connectivity index is 1.60. The molecule has 0 saturated carbocycles. The zero-order chi connectivity index (χ0) is 32.0. The molecule has 1 aliphatic rings. The van der Waals surface area contributed by atoms with Gasteiger partial charge in [-0.1, -0.05) is 18.2 Å². The highest BCUT2D eigenvalue weighted by Crippen LogP contribution is 2.42. The Hall–Kier alpha value is -4.83. The van der Waals surface area contributed by atoms with Gasteiger partial charge in [0.05, 0.1) is 30.7 Å². The number of fused-ring (bicyclic) bond motifs is 2. The molecule has 0 bridgehead atoms. The third kappa shape index (κ3) is 5.73. The number of carbonyl (C=O) groups is 1. The van der Waals surface area contributed by atoms with Crippen LogP contribution in [-0.2, 0) is 16.0 Å². The van der Waals surface area contributed by atoms with E-state index in [1.54, 1.807) is 51.6 Å². The van der Waals surface area contributed by atoms with Crippen molar-refractivity contribution in [3.05, 3.63) is 82.9 Å². The van der Waals surface area contributed by atoms with E-state index in [4.69, 9.17) is 24.3 Å². The van der Waals surface area contributed by atoms with E-state index in [2.05, 4.69) is 4.98 Å². The number of carboxylic acid groups (broad SMARTS) is 1. The second-order valence-electron chi connectivity index (χ2n) is 12.2. The quantitative estimate of drug-likeness (QED) is 0.207. The summed E-state index contributed by atoms with van der Waals surface area (Å²) in [7, 11) is 1.57. The van der Waals surface area contributed by atoms with E-state index in [1.807, 2.05) is 43.3 Å². The summed E-state index contributed by atoms with van der Waals surface area (Å²) in [6, 6.07) is 14.9. The van der Waals surface area contributed by atoms with Gasteiger partial charge in [0.15, 0.2) is 23.3 Å². The first-order valence-corrected chi connectivity index (χ1v) is 14.8. The van der Waals surface area contributed by atoms with E-state index in [1.165, 1.54) is 6.07 Å². The molecule has 0 spiro atoms. The number of aryl methyl sites for hydroxylation is 1. The normalized spacial score (nSPS) is 13.8. The largest absolute Gasteiger partial charge is 0.490 e. The number of aromatic nitrogens is 4. The first-order valence-electron chi connectivity index (χ1n) is 14.8. The van der Waals surface area contributed by atoms with E-state index >= 15 is 4.39 Å². The molecule has 2 aromatic carbocycles. The fourth-order valence-electron chi connectivity index (χ4n) is 5.87. The van der Waals surface area contributed by atoms with E-state index in [0.717, 1.165) is 34.2 Å². The van der Waals surface area contributed by atoms with Gasteiger partial charge in [-0.15, -0.1) is 0 Å². The van der Waals surface area contributed by atoms with Crippen molar-refractivity contribution in [3.63, 3.8) is 0 Å². The Kier molecular flexibility index (Phi) is 7.78. The summed E-state index contributed by atoms with van der Waals surface area (Å²) >= 11 is 0. The predicted molar refractivity (Wildman–Crippen MR) is 168 cm³/mol. The van der Waals surface area contributed by atoms with Crippen molar-refractivity contribution in [2.24, 2.45) is 0 Å². The Morgan fingerprint density at radius 3 is 2.56 bits per heavy atom. The van der Waals surface area contributed by atoms with Crippen molar-refractivity contribution in [2.45, 2.75) is 59.2 Å². The lowest BCUT2D eigenvalue weighted by Gasteiger charge is -2.28. The molecule has 0 radical (unpaired) electrons. The van der Waals surface area contributed by atoms with Crippen LogP contribution < -0.4 is 9.47 Å². The molecule has 3 aromatic heterocycles. The van der Waals surface area contributed by atoms with Crippen LogP contribution in [0.5, 0.6) is 11.6 Å². The fraction of sp³-hybridized carbons (Fsp3) is 0.314. The highest BCUT2D eigenvalue weighted by atomic mass is 19.1. The monoisotopic (exact) mass is 610 g/mol. The minimum Gasteiger partial charge on any atom is -0.490 e. The maximum absolute atomic E-state index is 15.7. The van der Waals surface area contributed by atoms with Gasteiger partial charge in [-0.25, -0.2) is 23.7 Å². The van der Waals surface area contributed by atoms with Crippen LogP contribution in [0.15, 0.2) is 54.7 Å². The van der Waals surface area contributed by atoms with Crippen LogP contribution in [0.3, 0.4) is 0 Å². The zero-order valence-electron chi connectivity index (χ0n) is 26.1. The molecule has 5 aromatic rings. The number of methoxy groups -OCH3 is 1. The predicted octanol–water partition coefficient (Wildman–Crippen LogP) is 7.16. The van der Waals surface area contributed by atoms with Gasteiger partial charge in [-0.3, -0.25) is 0 Å². The van der Waals surface area contributed by atoms with Crippen LogP contribution >= 0.6 is 0 Å². The molecule has 6 rings (SSSR count). The van der Waals surface area contributed by atoms with Crippen molar-refractivity contribution in [2.75, 3.05) is 13.7 Å². The number of nitrogens with zero attached hydrogens (tertiary/aromatic N) is 4. The summed E-state index contributed by atoms with van der Waals surface area (Å²) in [6.07, 6.45) is 1.76. The zero-order valence-corrected chi connectivity index (χ0v) is 26.1. The summed E-state index contributed by atoms with van der Waals surface area (Å²) in [5, 5.41) is 15.4. The van der Waals surface area contributed by atoms with Crippen LogP contribution in [0.4, 0.5) is 4.39 Å². The smallest absolute Gasteiger partial charge is 0.337 e. The number of aliphatic carboxylic acids is 1. The minimum atomic E-state index is -1.38. The number of hydrogen-bond donors (Lipinski definition) is 1. The SMILES string of the molecule is COc1ccc(-c2cccc(-c3cc4nc(C)c(C(OC(C)(C)C)C(=O)O)c(-c5cc(F)c6c(c5C)CCCO6)n4n3)c2)cn1. The molecule has 10 heteroatoms. The molecular weight excluding hydrogens is 575 g/mol. The average molecular weight is 611 g/mol. The van der Waals surface area contributed by atoms with Crippen molar-refractivity contribution in [1.29, 1.82) is 0 Å². The molecular formula is C35H35FN4O5. The molecule has 1 unspecified atom stereocenters. The van der Waals surface area contributed by atoms with Gasteiger partial charge >= 0.3 is 5.97 Å². The number of benzene rings is 2. The molecule has 45 heavy (non-hydrogen) atoms. The van der Waals surface area contributed by atoms with E-state index < -0.39 is 23.5 Å². The summed E-state index contributed by atoms with van der Waals surface area (Å²) in [4.78, 5) is 21.9. The van der Waals surface area contributed by atoms with Crippen LogP contribution in [0.1, 0.15) is 55.7 Å². The van der Waals surface area contributed by atoms with Gasteiger partial charge in [0.25, 0.3) is 0 Å². The van der Waals surface area contributed by atoms with Crippen LogP contribution in [0.25, 0.3) is 39.3 Å². The lowest BCUT2D eigenvalue weighted by atomic mass is 9.91. The molecule has 0 saturated heterocycles. The number of carboxylic acids is 1. The topological polar surface area (TPSA) is 108 Å². The van der Waals surface area contributed by atoms with Gasteiger partial charge in [-0.2, -0.15) is 5.10 Å². The van der Waals surface area contributed by atoms with Gasteiger partial charge in [-0.05, 0) is 76.8 Å². The summed E-state index contributed by atoms with van der Waals surface area (Å²) in [6.45, 7) is 9.48. The Morgan fingerprint density at radius 1 is 1.09 bits per heavy atom. The standard InChI is InChI=1S/C35H35FN4O5/c1-19-24-11-8-14-44-32(24)26(36)16-25(19)31-30(33(34(41)42)45-35(3,4)5)20(2)38-28-17-27(39-40(28)31)22-10-7-9-21(15-22)23-12-13-29(43-6)37-18-23/h7,9-10,12-13,15-18,33H,8,11,14H2,1-6H3,(H,41,42). The lowest BCUT2D eigenvalue weighted by Crippen LogP contribution is -2.29. The van der Waals surface area contributed by atoms with Crippen molar-refractivity contribution in [1.82, 2.24) is 19.6 Å². The molecule has 0 aliphatic carbocycles. The Bertz CT molecular complexity index is 1930. The Labute approximate surface area is 260 Å². The van der Waals surface area contributed by atoms with Crippen LogP contribution in [0, 0.1) is 19.7 Å². The molecule has 1 aliphatic heterocycles. The van der Waals surface area contributed by atoms with E-state index in [9.17, 15) is 9.90 Å². The molecule has 0 amide bonds. The molecule has 1 N–H and O–H groups in total. The molecule has 4 heterocycles. The van der Waals surface area contributed by atoms with Crippen molar-refractivity contribution >= 4 is 11.6 Å². The van der Waals surface area contributed by atoms with Gasteiger partial charge < -0.3 is 19.3 Å². The summed E-state index contributed by atoms with van der Waals surface area (Å²) in [5.41, 5.74) is 6.24. The summed E-state index contributed by atoms with van der Waals surface area (Å²) in [5.74, 6) is -0.910. The van der Waals surface area contributed by atoms with E-state index in [0.29, 0.717) is 52.8 Å². The first-order chi connectivity index (χ1) is 21.4. The number of rotatable bonds is 7. The average Bonchev–Trinajstić information content (AvgIpc) is 3.44. The van der Waals surface area contributed by atoms with Crippen molar-refractivity contribution in [3.8, 4) is 45.3 Å². The second kappa shape index (κ2) is 11.6. The van der Waals surface area contributed by atoms with Gasteiger partial charge in [0.1, 0.15) is 0 Å². The fourth-order valence-corrected chi connectivity index (χ4v) is 5.87. The van der Waals surface area contributed by atoms with Gasteiger partial charge in [0, 0.05) is 51.8 Å². The van der Waals surface area contributed by atoms with E-state index in [-0.39, 0.29) is 5.75 Å². The summed E-state index contributed by atoms with van der Waals surface area (Å²) < 4.78 is 34.3. The number of ether oxygens (including phenoxy) is 3. The van der Waals surface area contributed by atoms with Crippen molar-refractivity contribution < 1.29 is 28.5 Å². The third-order valence-corrected chi connectivity index (χ3v) is 7.92. The molecule has 1 atom stereocenters. The number of pyridine rings is 1. The number of halogens is 1. The molecule has 0 fully saturated rings. The first kappa shape index (κ1) is 30.2. The van der Waals surface area contributed by atoms with Crippen LogP contribution in [0.2, 0.25) is 0 Å². The highest BCUT2D eigenvalue weighted by Gasteiger charge is 2.34. The third-order valence-electron chi connectivity index (χ3n) is 7.92. The maximum Gasteiger partial charge on any atom is 0.337 e. The highest BCUT2D eigenvalue weighted by molar-refractivity contribution is 5.83. The second-order valence-corrected chi connectivity index (χ2v) is 12.2. The minimum absolute atomic E-state index is 0.248.